The van der Waals surface area contributed by atoms with Crippen molar-refractivity contribution in [2.45, 2.75) is 0 Å². The lowest BCUT2D eigenvalue weighted by Crippen LogP contribution is -1.93. The molecule has 1 aliphatic carbocycles. The first kappa shape index (κ1) is 11.6. The van der Waals surface area contributed by atoms with Crippen molar-refractivity contribution >= 4 is 24.0 Å². The summed E-state index contributed by atoms with van der Waals surface area (Å²) in [5.74, 6) is 1.09. The van der Waals surface area contributed by atoms with E-state index in [1.54, 1.807) is 13.2 Å². The molecule has 0 saturated heterocycles. The molecule has 2 aromatic rings. The van der Waals surface area contributed by atoms with Gasteiger partial charge in [0.1, 0.15) is 11.5 Å². The topological polar surface area (TPSA) is 29.5 Å². The molecule has 2 aromatic carbocycles. The molecule has 1 aliphatic rings. The van der Waals surface area contributed by atoms with Gasteiger partial charge in [-0.25, -0.2) is 0 Å². The summed E-state index contributed by atoms with van der Waals surface area (Å²) in [5, 5.41) is 10.2. The molecule has 2 heteroatoms. The summed E-state index contributed by atoms with van der Waals surface area (Å²) < 4.78 is 5.23. The van der Waals surface area contributed by atoms with Crippen LogP contribution in [0.15, 0.2) is 42.5 Å². The zero-order valence-corrected chi connectivity index (χ0v) is 10.6. The molecule has 0 unspecified atom stereocenters. The second-order valence-corrected chi connectivity index (χ2v) is 4.45. The van der Waals surface area contributed by atoms with Gasteiger partial charge in [0.05, 0.1) is 7.11 Å². The highest BCUT2D eigenvalue weighted by atomic mass is 16.5. The summed E-state index contributed by atoms with van der Waals surface area (Å²) >= 11 is 0. The number of hydrogen-bond donors (Lipinski definition) is 1. The van der Waals surface area contributed by atoms with Gasteiger partial charge in [-0.3, -0.25) is 0 Å². The van der Waals surface area contributed by atoms with Crippen molar-refractivity contribution < 1.29 is 9.84 Å². The highest BCUT2D eigenvalue weighted by Gasteiger charge is 2.09. The van der Waals surface area contributed by atoms with Crippen molar-refractivity contribution in [2.75, 3.05) is 7.11 Å². The molecule has 1 N–H and O–H groups in total. The fourth-order valence-electron chi connectivity index (χ4n) is 2.24. The Morgan fingerprint density at radius 2 is 1.68 bits per heavy atom. The Morgan fingerprint density at radius 3 is 2.53 bits per heavy atom. The number of hydrogen-bond acceptors (Lipinski definition) is 2. The lowest BCUT2D eigenvalue weighted by molar-refractivity contribution is 0.414. The molecule has 2 nitrogen and oxygen atoms in total. The minimum Gasteiger partial charge on any atom is -0.507 e. The molecule has 0 spiro atoms. The lowest BCUT2D eigenvalue weighted by Gasteiger charge is -2.11. The molecule has 0 bridgehead atoms. The van der Waals surface area contributed by atoms with E-state index >= 15 is 0 Å². The van der Waals surface area contributed by atoms with Gasteiger partial charge < -0.3 is 9.84 Å². The van der Waals surface area contributed by atoms with Crippen molar-refractivity contribution in [3.63, 3.8) is 0 Å². The van der Waals surface area contributed by atoms with E-state index in [9.17, 15) is 5.11 Å². The summed E-state index contributed by atoms with van der Waals surface area (Å²) in [6.07, 6.45) is 5.84. The largest absolute Gasteiger partial charge is 0.507 e. The molecule has 0 heterocycles. The SMILES string of the molecule is COc1ccc2c(c1)C=Cc1ccccc1C(O)=C2. The Morgan fingerprint density at radius 1 is 0.895 bits per heavy atom. The summed E-state index contributed by atoms with van der Waals surface area (Å²) in [7, 11) is 1.65. The third kappa shape index (κ3) is 2.13. The van der Waals surface area contributed by atoms with E-state index in [0.717, 1.165) is 28.0 Å². The van der Waals surface area contributed by atoms with Crippen molar-refractivity contribution in [2.24, 2.45) is 0 Å². The van der Waals surface area contributed by atoms with Crippen LogP contribution < -0.4 is 4.74 Å². The maximum absolute atomic E-state index is 10.2. The first-order valence-corrected chi connectivity index (χ1v) is 6.14. The standard InChI is InChI=1S/C17H14O2/c1-19-15-9-8-14-11-17(18)16-5-3-2-4-12(16)6-7-13(14)10-15/h2-11,18H,1H3. The molecule has 0 radical (unpaired) electrons. The van der Waals surface area contributed by atoms with E-state index in [2.05, 4.69) is 0 Å². The quantitative estimate of drug-likeness (QED) is 0.820. The Labute approximate surface area is 112 Å². The average molecular weight is 250 g/mol. The summed E-state index contributed by atoms with van der Waals surface area (Å²) in [4.78, 5) is 0. The summed E-state index contributed by atoms with van der Waals surface area (Å²) in [6, 6.07) is 13.6. The lowest BCUT2D eigenvalue weighted by atomic mass is 9.97. The Balaban J connectivity index is 2.19. The van der Waals surface area contributed by atoms with Crippen LogP contribution in [0.2, 0.25) is 0 Å². The fourth-order valence-corrected chi connectivity index (χ4v) is 2.24. The highest BCUT2D eigenvalue weighted by Crippen LogP contribution is 2.28. The van der Waals surface area contributed by atoms with E-state index in [1.165, 1.54) is 0 Å². The number of aliphatic hydroxyl groups excluding tert-OH is 1. The van der Waals surface area contributed by atoms with Gasteiger partial charge in [0.25, 0.3) is 0 Å². The molecule has 19 heavy (non-hydrogen) atoms. The van der Waals surface area contributed by atoms with Gasteiger partial charge in [-0.1, -0.05) is 42.5 Å². The van der Waals surface area contributed by atoms with Crippen LogP contribution in [0.25, 0.3) is 24.0 Å². The van der Waals surface area contributed by atoms with E-state index in [1.807, 2.05) is 54.6 Å². The van der Waals surface area contributed by atoms with Gasteiger partial charge in [0, 0.05) is 5.56 Å². The smallest absolute Gasteiger partial charge is 0.124 e. The zero-order valence-electron chi connectivity index (χ0n) is 10.6. The highest BCUT2D eigenvalue weighted by molar-refractivity contribution is 5.89. The molecule has 0 atom stereocenters. The predicted octanol–water partition coefficient (Wildman–Crippen LogP) is 4.24. The number of fused-ring (bicyclic) bond motifs is 2. The monoisotopic (exact) mass is 250 g/mol. The first-order valence-electron chi connectivity index (χ1n) is 6.14. The Kier molecular flexibility index (Phi) is 2.84. The Bertz CT molecular complexity index is 681. The molecule has 0 aromatic heterocycles. The van der Waals surface area contributed by atoms with Gasteiger partial charge in [0.15, 0.2) is 0 Å². The van der Waals surface area contributed by atoms with Crippen LogP contribution in [0, 0.1) is 0 Å². The number of benzene rings is 2. The van der Waals surface area contributed by atoms with Crippen LogP contribution in [-0.2, 0) is 0 Å². The maximum Gasteiger partial charge on any atom is 0.124 e. The number of methoxy groups -OCH3 is 1. The van der Waals surface area contributed by atoms with Gasteiger partial charge in [-0.15, -0.1) is 0 Å². The first-order chi connectivity index (χ1) is 9.28. The van der Waals surface area contributed by atoms with Crippen LogP contribution in [0.5, 0.6) is 5.75 Å². The Hall–Kier alpha value is -2.48. The van der Waals surface area contributed by atoms with Gasteiger partial charge in [0.2, 0.25) is 0 Å². The van der Waals surface area contributed by atoms with E-state index in [0.29, 0.717) is 0 Å². The molecular formula is C17H14O2. The second kappa shape index (κ2) is 4.65. The molecule has 0 saturated carbocycles. The maximum atomic E-state index is 10.2. The van der Waals surface area contributed by atoms with Gasteiger partial charge in [-0.05, 0) is 34.9 Å². The van der Waals surface area contributed by atoms with Crippen LogP contribution >= 0.6 is 0 Å². The average Bonchev–Trinajstić information content (AvgIpc) is 2.44. The third-order valence-electron chi connectivity index (χ3n) is 3.27. The fraction of sp³-hybridized carbons (Fsp3) is 0.0588. The zero-order chi connectivity index (χ0) is 13.2. The van der Waals surface area contributed by atoms with Crippen LogP contribution in [-0.4, -0.2) is 12.2 Å². The van der Waals surface area contributed by atoms with Crippen molar-refractivity contribution in [3.8, 4) is 5.75 Å². The summed E-state index contributed by atoms with van der Waals surface area (Å²) in [5.41, 5.74) is 3.86. The van der Waals surface area contributed by atoms with Crippen molar-refractivity contribution in [1.82, 2.24) is 0 Å². The van der Waals surface area contributed by atoms with Crippen LogP contribution in [0.4, 0.5) is 0 Å². The normalized spacial score (nSPS) is 12.8. The molecule has 0 amide bonds. The predicted molar refractivity (Wildman–Crippen MR) is 78.9 cm³/mol. The molecular weight excluding hydrogens is 236 g/mol. The second-order valence-electron chi connectivity index (χ2n) is 4.45. The summed E-state index contributed by atoms with van der Waals surface area (Å²) in [6.45, 7) is 0. The van der Waals surface area contributed by atoms with Gasteiger partial charge >= 0.3 is 0 Å². The van der Waals surface area contributed by atoms with E-state index < -0.39 is 0 Å². The number of aliphatic hydroxyl groups is 1. The molecule has 94 valence electrons. The van der Waals surface area contributed by atoms with Gasteiger partial charge in [-0.2, -0.15) is 0 Å². The van der Waals surface area contributed by atoms with Crippen molar-refractivity contribution in [1.29, 1.82) is 0 Å². The van der Waals surface area contributed by atoms with Crippen LogP contribution in [0.3, 0.4) is 0 Å². The molecule has 0 aliphatic heterocycles. The molecule has 3 rings (SSSR count). The molecule has 0 fully saturated rings. The number of rotatable bonds is 1. The van der Waals surface area contributed by atoms with E-state index in [-0.39, 0.29) is 5.76 Å². The van der Waals surface area contributed by atoms with Crippen LogP contribution in [0.1, 0.15) is 22.3 Å². The third-order valence-corrected chi connectivity index (χ3v) is 3.27. The minimum absolute atomic E-state index is 0.284. The van der Waals surface area contributed by atoms with E-state index in [4.69, 9.17) is 4.74 Å². The minimum atomic E-state index is 0.284. The van der Waals surface area contributed by atoms with Crippen molar-refractivity contribution in [3.05, 3.63) is 64.7 Å². The number of ether oxygens (including phenoxy) is 1.